The molecule has 0 atom stereocenters. The first-order valence-electron chi connectivity index (χ1n) is 3.92. The summed E-state index contributed by atoms with van der Waals surface area (Å²) in [6.07, 6.45) is 4.02. The van der Waals surface area contributed by atoms with Gasteiger partial charge in [-0.25, -0.2) is 8.78 Å². The van der Waals surface area contributed by atoms with Gasteiger partial charge in [-0.1, -0.05) is 26.5 Å². The molecular weight excluding hydrogens is 158 g/mol. The molecule has 2 heteroatoms. The van der Waals surface area contributed by atoms with Crippen LogP contribution in [0.4, 0.5) is 8.78 Å². The van der Waals surface area contributed by atoms with Gasteiger partial charge in [0.05, 0.1) is 0 Å². The Morgan fingerprint density at radius 2 is 1.92 bits per heavy atom. The zero-order valence-corrected chi connectivity index (χ0v) is 7.48. The van der Waals surface area contributed by atoms with Crippen LogP contribution in [0.25, 0.3) is 0 Å². The van der Waals surface area contributed by atoms with Crippen molar-refractivity contribution in [2.45, 2.75) is 20.3 Å². The number of allylic oxidation sites excluding steroid dienone is 5. The summed E-state index contributed by atoms with van der Waals surface area (Å²) in [5, 5.41) is 0. The minimum Gasteiger partial charge on any atom is -0.204 e. The van der Waals surface area contributed by atoms with Crippen molar-refractivity contribution in [3.05, 3.63) is 36.5 Å². The molecule has 0 nitrogen and oxygen atoms in total. The molecule has 0 rings (SSSR count). The lowest BCUT2D eigenvalue weighted by molar-refractivity contribution is 0.534. The number of rotatable bonds is 4. The minimum absolute atomic E-state index is 0.340. The van der Waals surface area contributed by atoms with Gasteiger partial charge in [-0.15, -0.1) is 0 Å². The maximum atomic E-state index is 12.7. The van der Waals surface area contributed by atoms with Crippen LogP contribution in [-0.2, 0) is 0 Å². The van der Waals surface area contributed by atoms with Gasteiger partial charge in [0.1, 0.15) is 0 Å². The number of halogens is 2. The van der Waals surface area contributed by atoms with Crippen LogP contribution in [0, 0.1) is 5.92 Å². The molecule has 0 fully saturated rings. The summed E-state index contributed by atoms with van der Waals surface area (Å²) in [7, 11) is 0. The Morgan fingerprint density at radius 1 is 1.33 bits per heavy atom. The lowest BCUT2D eigenvalue weighted by atomic mass is 10.1. The van der Waals surface area contributed by atoms with Crippen molar-refractivity contribution in [2.24, 2.45) is 5.92 Å². The average molecular weight is 172 g/mol. The number of hydrogen-bond acceptors (Lipinski definition) is 0. The standard InChI is InChI=1S/C10H14F2/c1-4-5-9(11)10(12)7-6-8(2)3/h4-5,7-8H,1,6H2,2-3H3/b9-5+,10-7+. The predicted octanol–water partition coefficient (Wildman–Crippen LogP) is 3.93. The zero-order valence-electron chi connectivity index (χ0n) is 7.48. The van der Waals surface area contributed by atoms with E-state index in [1.807, 2.05) is 13.8 Å². The minimum atomic E-state index is -0.856. The van der Waals surface area contributed by atoms with E-state index in [9.17, 15) is 8.78 Å². The van der Waals surface area contributed by atoms with Gasteiger partial charge in [-0.3, -0.25) is 0 Å². The van der Waals surface area contributed by atoms with E-state index < -0.39 is 11.7 Å². The fourth-order valence-corrected chi connectivity index (χ4v) is 0.620. The molecule has 0 unspecified atom stereocenters. The lowest BCUT2D eigenvalue weighted by Gasteiger charge is -1.97. The van der Waals surface area contributed by atoms with E-state index in [0.29, 0.717) is 12.3 Å². The van der Waals surface area contributed by atoms with Crippen LogP contribution in [0.2, 0.25) is 0 Å². The molecule has 0 bridgehead atoms. The number of hydrogen-bond donors (Lipinski definition) is 0. The molecule has 0 aliphatic heterocycles. The molecule has 0 spiro atoms. The van der Waals surface area contributed by atoms with Crippen LogP contribution in [0.5, 0.6) is 0 Å². The summed E-state index contributed by atoms with van der Waals surface area (Å²) in [5.41, 5.74) is 0. The fourth-order valence-electron chi connectivity index (χ4n) is 0.620. The summed E-state index contributed by atoms with van der Waals surface area (Å²) in [6.45, 7) is 7.15. The predicted molar refractivity (Wildman–Crippen MR) is 48.0 cm³/mol. The van der Waals surface area contributed by atoms with Gasteiger partial charge in [0.2, 0.25) is 0 Å². The highest BCUT2D eigenvalue weighted by Gasteiger charge is 2.01. The third kappa shape index (κ3) is 4.83. The van der Waals surface area contributed by atoms with E-state index in [4.69, 9.17) is 0 Å². The fraction of sp³-hybridized carbons (Fsp3) is 0.400. The molecule has 0 amide bonds. The smallest absolute Gasteiger partial charge is 0.158 e. The molecule has 0 aromatic heterocycles. The second kappa shape index (κ2) is 5.70. The Balaban J connectivity index is 4.17. The third-order valence-electron chi connectivity index (χ3n) is 1.26. The molecule has 0 radical (unpaired) electrons. The quantitative estimate of drug-likeness (QED) is 0.564. The van der Waals surface area contributed by atoms with Crippen molar-refractivity contribution in [3.8, 4) is 0 Å². The Kier molecular flexibility index (Phi) is 5.26. The first kappa shape index (κ1) is 11.1. The van der Waals surface area contributed by atoms with Crippen LogP contribution < -0.4 is 0 Å². The summed E-state index contributed by atoms with van der Waals surface area (Å²) < 4.78 is 25.3. The van der Waals surface area contributed by atoms with E-state index in [1.165, 1.54) is 12.2 Å². The maximum absolute atomic E-state index is 12.7. The topological polar surface area (TPSA) is 0 Å². The molecule has 0 aromatic rings. The lowest BCUT2D eigenvalue weighted by Crippen LogP contribution is -1.84. The molecule has 0 N–H and O–H groups in total. The van der Waals surface area contributed by atoms with Crippen molar-refractivity contribution in [1.82, 2.24) is 0 Å². The van der Waals surface area contributed by atoms with E-state index in [0.717, 1.165) is 6.08 Å². The van der Waals surface area contributed by atoms with Crippen LogP contribution >= 0.6 is 0 Å². The van der Waals surface area contributed by atoms with Gasteiger partial charge in [-0.2, -0.15) is 0 Å². The highest BCUT2D eigenvalue weighted by Crippen LogP contribution is 2.15. The molecule has 0 aromatic carbocycles. The van der Waals surface area contributed by atoms with Crippen molar-refractivity contribution in [1.29, 1.82) is 0 Å². The largest absolute Gasteiger partial charge is 0.204 e. The van der Waals surface area contributed by atoms with Gasteiger partial charge in [0.15, 0.2) is 11.7 Å². The molecule has 0 saturated heterocycles. The summed E-state index contributed by atoms with van der Waals surface area (Å²) in [5.74, 6) is -1.32. The van der Waals surface area contributed by atoms with E-state index >= 15 is 0 Å². The summed E-state index contributed by atoms with van der Waals surface area (Å²) in [4.78, 5) is 0. The Bertz CT molecular complexity index is 200. The second-order valence-corrected chi connectivity index (χ2v) is 2.93. The Morgan fingerprint density at radius 3 is 2.33 bits per heavy atom. The first-order chi connectivity index (χ1) is 5.57. The van der Waals surface area contributed by atoms with Gasteiger partial charge >= 0.3 is 0 Å². The van der Waals surface area contributed by atoms with Gasteiger partial charge in [0, 0.05) is 0 Å². The van der Waals surface area contributed by atoms with E-state index in [-0.39, 0.29) is 0 Å². The normalized spacial score (nSPS) is 13.8. The molecular formula is C10H14F2. The SMILES string of the molecule is C=C/C=C(F)\C(F)=C/CC(C)C. The first-order valence-corrected chi connectivity index (χ1v) is 3.92. The van der Waals surface area contributed by atoms with Crippen molar-refractivity contribution < 1.29 is 8.78 Å². The van der Waals surface area contributed by atoms with E-state index in [2.05, 4.69) is 6.58 Å². The van der Waals surface area contributed by atoms with Crippen LogP contribution in [0.3, 0.4) is 0 Å². The second-order valence-electron chi connectivity index (χ2n) is 2.93. The van der Waals surface area contributed by atoms with Crippen molar-refractivity contribution in [2.75, 3.05) is 0 Å². The van der Waals surface area contributed by atoms with Crippen LogP contribution in [0.15, 0.2) is 36.5 Å². The van der Waals surface area contributed by atoms with Gasteiger partial charge in [0.25, 0.3) is 0 Å². The molecule has 12 heavy (non-hydrogen) atoms. The maximum Gasteiger partial charge on any atom is 0.158 e. The van der Waals surface area contributed by atoms with Gasteiger partial charge in [-0.05, 0) is 24.5 Å². The molecule has 0 heterocycles. The highest BCUT2D eigenvalue weighted by molar-refractivity contribution is 5.22. The zero-order chi connectivity index (χ0) is 9.56. The van der Waals surface area contributed by atoms with Crippen molar-refractivity contribution >= 4 is 0 Å². The molecule has 0 saturated carbocycles. The van der Waals surface area contributed by atoms with Crippen LogP contribution in [-0.4, -0.2) is 0 Å². The monoisotopic (exact) mass is 172 g/mol. The van der Waals surface area contributed by atoms with Gasteiger partial charge < -0.3 is 0 Å². The molecule has 0 aliphatic rings. The van der Waals surface area contributed by atoms with Crippen LogP contribution in [0.1, 0.15) is 20.3 Å². The summed E-state index contributed by atoms with van der Waals surface area (Å²) in [6, 6.07) is 0. The van der Waals surface area contributed by atoms with E-state index in [1.54, 1.807) is 0 Å². The summed E-state index contributed by atoms with van der Waals surface area (Å²) >= 11 is 0. The molecule has 0 aliphatic carbocycles. The highest BCUT2D eigenvalue weighted by atomic mass is 19.2. The average Bonchev–Trinajstić information content (AvgIpc) is 2.00. The van der Waals surface area contributed by atoms with Crippen molar-refractivity contribution in [3.63, 3.8) is 0 Å². The third-order valence-corrected chi connectivity index (χ3v) is 1.26. The Labute approximate surface area is 72.3 Å². The Hall–Kier alpha value is -0.920. The molecule has 68 valence electrons.